The standard InChI is InChI=1S/C27H23N5O3.Li/c28-27-29-23-9-1-2-10-24(23)31(27)14-13-18-5-3-7-20(15-18)22-11-12-25(33)32(30-22)17-19-6-4-8-21(16-19)26(34)35;/h1-12,15-16H,13-14,17H2,(H2,28,29)(H,34,35);/q;+1/p-1. The zero-order chi connectivity index (χ0) is 24.4. The maximum Gasteiger partial charge on any atom is 1.00 e. The number of nitrogen functional groups attached to an aromatic ring is 1. The van der Waals surface area contributed by atoms with E-state index in [2.05, 4.69) is 10.1 Å². The number of nitrogens with zero attached hydrogens (tertiary/aromatic N) is 4. The Bertz CT molecular complexity index is 1610. The predicted octanol–water partition coefficient (Wildman–Crippen LogP) is -0.499. The number of aromatic carboxylic acids is 1. The summed E-state index contributed by atoms with van der Waals surface area (Å²) in [6, 6.07) is 25.3. The van der Waals surface area contributed by atoms with Gasteiger partial charge in [0, 0.05) is 18.2 Å². The van der Waals surface area contributed by atoms with Crippen LogP contribution in [0.25, 0.3) is 22.3 Å². The smallest absolute Gasteiger partial charge is 0.545 e. The summed E-state index contributed by atoms with van der Waals surface area (Å²) in [5.74, 6) is -0.776. The molecule has 5 aromatic rings. The van der Waals surface area contributed by atoms with Gasteiger partial charge in [-0.25, -0.2) is 9.67 Å². The van der Waals surface area contributed by atoms with Gasteiger partial charge in [-0.1, -0.05) is 48.5 Å². The number of rotatable bonds is 7. The van der Waals surface area contributed by atoms with E-state index in [0.29, 0.717) is 23.8 Å². The third-order valence-corrected chi connectivity index (χ3v) is 5.89. The minimum atomic E-state index is -1.26. The first-order chi connectivity index (χ1) is 17.0. The van der Waals surface area contributed by atoms with Crippen molar-refractivity contribution in [2.24, 2.45) is 0 Å². The molecule has 0 aliphatic heterocycles. The number of imidazole rings is 1. The maximum absolute atomic E-state index is 12.4. The fraction of sp³-hybridized carbons (Fsp3) is 0.111. The van der Waals surface area contributed by atoms with Crippen LogP contribution in [0.5, 0.6) is 0 Å². The SMILES string of the molecule is Nc1nc2ccccc2n1CCc1cccc(-c2ccc(=O)n(Cc3cccc(C(=O)[O-])c3)n2)c1.[Li+]. The molecular weight excluding hydrogens is 449 g/mol. The van der Waals surface area contributed by atoms with E-state index >= 15 is 0 Å². The molecule has 0 radical (unpaired) electrons. The Balaban J connectivity index is 0.00000304. The van der Waals surface area contributed by atoms with Gasteiger partial charge in [-0.05, 0) is 53.4 Å². The van der Waals surface area contributed by atoms with E-state index < -0.39 is 5.97 Å². The number of nitrogens with two attached hydrogens (primary N) is 1. The van der Waals surface area contributed by atoms with Crippen LogP contribution < -0.4 is 35.3 Å². The van der Waals surface area contributed by atoms with Gasteiger partial charge in [0.1, 0.15) is 0 Å². The Morgan fingerprint density at radius 2 is 1.69 bits per heavy atom. The molecule has 0 aliphatic carbocycles. The molecule has 5 rings (SSSR count). The minimum absolute atomic E-state index is 0. The second kappa shape index (κ2) is 10.6. The van der Waals surface area contributed by atoms with E-state index in [0.717, 1.165) is 28.6 Å². The number of anilines is 1. The molecular formula is C27H22LiN5O3. The van der Waals surface area contributed by atoms with E-state index in [1.54, 1.807) is 18.2 Å². The van der Waals surface area contributed by atoms with Crippen molar-refractivity contribution in [3.8, 4) is 11.3 Å². The van der Waals surface area contributed by atoms with E-state index in [4.69, 9.17) is 5.73 Å². The molecule has 0 saturated carbocycles. The van der Waals surface area contributed by atoms with E-state index in [9.17, 15) is 14.7 Å². The van der Waals surface area contributed by atoms with Gasteiger partial charge in [0.2, 0.25) is 5.95 Å². The van der Waals surface area contributed by atoms with Crippen molar-refractivity contribution in [1.29, 1.82) is 0 Å². The van der Waals surface area contributed by atoms with E-state index in [-0.39, 0.29) is 36.5 Å². The molecule has 0 atom stereocenters. The van der Waals surface area contributed by atoms with Gasteiger partial charge in [-0.3, -0.25) is 4.79 Å². The molecule has 174 valence electrons. The maximum atomic E-state index is 12.4. The summed E-state index contributed by atoms with van der Waals surface area (Å²) in [6.07, 6.45) is 0.744. The summed E-state index contributed by atoms with van der Waals surface area (Å²) in [6.45, 7) is 0.831. The number of hydrogen-bond donors (Lipinski definition) is 1. The Kier molecular flexibility index (Phi) is 7.39. The first-order valence-corrected chi connectivity index (χ1v) is 11.2. The van der Waals surface area contributed by atoms with Crippen LogP contribution in [0.3, 0.4) is 0 Å². The molecule has 0 amide bonds. The largest absolute Gasteiger partial charge is 1.00 e. The van der Waals surface area contributed by atoms with Crippen LogP contribution in [0, 0.1) is 0 Å². The van der Waals surface area contributed by atoms with Crippen LogP contribution in [0.2, 0.25) is 0 Å². The molecule has 8 nitrogen and oxygen atoms in total. The Labute approximate surface area is 219 Å². The molecule has 36 heavy (non-hydrogen) atoms. The summed E-state index contributed by atoms with van der Waals surface area (Å²) >= 11 is 0. The second-order valence-electron chi connectivity index (χ2n) is 8.26. The fourth-order valence-corrected chi connectivity index (χ4v) is 4.14. The van der Waals surface area contributed by atoms with Gasteiger partial charge in [-0.2, -0.15) is 5.10 Å². The normalized spacial score (nSPS) is 10.8. The van der Waals surface area contributed by atoms with Crippen LogP contribution in [-0.4, -0.2) is 25.3 Å². The van der Waals surface area contributed by atoms with Crippen molar-refractivity contribution in [1.82, 2.24) is 19.3 Å². The molecule has 2 heterocycles. The number of carboxylic acid groups (broad SMARTS) is 1. The molecule has 0 unspecified atom stereocenters. The summed E-state index contributed by atoms with van der Waals surface area (Å²) in [7, 11) is 0. The van der Waals surface area contributed by atoms with Crippen molar-refractivity contribution in [2.45, 2.75) is 19.5 Å². The Morgan fingerprint density at radius 1 is 0.917 bits per heavy atom. The third-order valence-electron chi connectivity index (χ3n) is 5.89. The van der Waals surface area contributed by atoms with Gasteiger partial charge in [0.05, 0.1) is 29.2 Å². The van der Waals surface area contributed by atoms with Crippen molar-refractivity contribution in [3.63, 3.8) is 0 Å². The van der Waals surface area contributed by atoms with Gasteiger partial charge in [0.25, 0.3) is 5.56 Å². The van der Waals surface area contributed by atoms with Crippen molar-refractivity contribution >= 4 is 23.0 Å². The molecule has 2 aromatic heterocycles. The number of aryl methyl sites for hydroxylation is 2. The first kappa shape index (κ1) is 25.0. The average molecular weight is 471 g/mol. The molecule has 3 aromatic carbocycles. The predicted molar refractivity (Wildman–Crippen MR) is 132 cm³/mol. The average Bonchev–Trinajstić information content (AvgIpc) is 3.19. The van der Waals surface area contributed by atoms with Crippen LogP contribution in [-0.2, 0) is 19.5 Å². The number of para-hydroxylation sites is 2. The second-order valence-corrected chi connectivity index (χ2v) is 8.26. The van der Waals surface area contributed by atoms with Gasteiger partial charge < -0.3 is 20.2 Å². The van der Waals surface area contributed by atoms with Crippen molar-refractivity contribution in [3.05, 3.63) is 112 Å². The zero-order valence-corrected chi connectivity index (χ0v) is 19.8. The zero-order valence-electron chi connectivity index (χ0n) is 19.8. The quantitative estimate of drug-likeness (QED) is 0.320. The van der Waals surface area contributed by atoms with Crippen LogP contribution in [0.15, 0.2) is 89.7 Å². The molecule has 0 bridgehead atoms. The van der Waals surface area contributed by atoms with Crippen LogP contribution >= 0.6 is 0 Å². The molecule has 9 heteroatoms. The number of carbonyl (C=O) groups is 1. The van der Waals surface area contributed by atoms with Crippen LogP contribution in [0.4, 0.5) is 5.95 Å². The minimum Gasteiger partial charge on any atom is -0.545 e. The van der Waals surface area contributed by atoms with Crippen molar-refractivity contribution < 1.29 is 28.8 Å². The van der Waals surface area contributed by atoms with Gasteiger partial charge in [0.15, 0.2) is 0 Å². The summed E-state index contributed by atoms with van der Waals surface area (Å²) in [4.78, 5) is 28.0. The van der Waals surface area contributed by atoms with Gasteiger partial charge in [-0.15, -0.1) is 0 Å². The Hall–Kier alpha value is -4.12. The first-order valence-electron chi connectivity index (χ1n) is 11.2. The monoisotopic (exact) mass is 471 g/mol. The summed E-state index contributed by atoms with van der Waals surface area (Å²) in [5.41, 5.74) is 11.1. The number of carboxylic acids is 1. The third kappa shape index (κ3) is 5.25. The van der Waals surface area contributed by atoms with E-state index in [1.165, 1.54) is 22.9 Å². The number of benzene rings is 3. The number of hydrogen-bond acceptors (Lipinski definition) is 6. The number of carbonyl (C=O) groups excluding carboxylic acids is 1. The van der Waals surface area contributed by atoms with Crippen LogP contribution in [0.1, 0.15) is 21.5 Å². The van der Waals surface area contributed by atoms with Gasteiger partial charge >= 0.3 is 18.9 Å². The molecule has 0 fully saturated rings. The molecule has 0 aliphatic rings. The molecule has 0 spiro atoms. The topological polar surface area (TPSA) is 119 Å². The van der Waals surface area contributed by atoms with Crippen molar-refractivity contribution in [2.75, 3.05) is 5.73 Å². The molecule has 2 N–H and O–H groups in total. The van der Waals surface area contributed by atoms with E-state index in [1.807, 2.05) is 53.1 Å². The summed E-state index contributed by atoms with van der Waals surface area (Å²) < 4.78 is 3.33. The molecule has 0 saturated heterocycles. The number of aromatic nitrogens is 4. The number of fused-ring (bicyclic) bond motifs is 1. The Morgan fingerprint density at radius 3 is 2.53 bits per heavy atom. The summed E-state index contributed by atoms with van der Waals surface area (Å²) in [5, 5.41) is 15.7. The fourth-order valence-electron chi connectivity index (χ4n) is 4.14.